The van der Waals surface area contributed by atoms with Crippen LogP contribution in [0.2, 0.25) is 0 Å². The van der Waals surface area contributed by atoms with Gasteiger partial charge in [0.15, 0.2) is 0 Å². The van der Waals surface area contributed by atoms with Crippen molar-refractivity contribution in [2.75, 3.05) is 0 Å². The average molecular weight is 343 g/mol. The number of pyridine rings is 1. The second-order valence-corrected chi connectivity index (χ2v) is 8.11. The molecule has 5 heteroatoms. The van der Waals surface area contributed by atoms with E-state index in [0.717, 1.165) is 35.1 Å². The molecule has 0 fully saturated rings. The summed E-state index contributed by atoms with van der Waals surface area (Å²) in [5.41, 5.74) is 2.75. The van der Waals surface area contributed by atoms with Gasteiger partial charge >= 0.3 is 0 Å². The van der Waals surface area contributed by atoms with Crippen molar-refractivity contribution < 1.29 is 14.6 Å². The van der Waals surface area contributed by atoms with E-state index in [2.05, 4.69) is 18.8 Å². The number of ether oxygens (including phenoxy) is 2. The molecular formula is C20H25NO4. The lowest BCUT2D eigenvalue weighted by Crippen LogP contribution is -2.36. The van der Waals surface area contributed by atoms with Gasteiger partial charge in [-0.3, -0.25) is 4.79 Å². The first-order valence-electron chi connectivity index (χ1n) is 8.95. The van der Waals surface area contributed by atoms with Gasteiger partial charge in [-0.1, -0.05) is 6.92 Å². The molecule has 2 aromatic rings. The van der Waals surface area contributed by atoms with Crippen LogP contribution in [-0.2, 0) is 6.42 Å². The highest BCUT2D eigenvalue weighted by Gasteiger charge is 2.40. The van der Waals surface area contributed by atoms with Gasteiger partial charge in [-0.05, 0) is 46.1 Å². The summed E-state index contributed by atoms with van der Waals surface area (Å²) in [6.45, 7) is 10.00. The number of aliphatic hydroxyl groups excluding tert-OH is 1. The first kappa shape index (κ1) is 16.5. The molecular weight excluding hydrogens is 318 g/mol. The number of aromatic amines is 1. The zero-order valence-electron chi connectivity index (χ0n) is 15.4. The highest BCUT2D eigenvalue weighted by Crippen LogP contribution is 2.51. The van der Waals surface area contributed by atoms with E-state index in [4.69, 9.17) is 9.47 Å². The number of aromatic nitrogens is 1. The summed E-state index contributed by atoms with van der Waals surface area (Å²) in [6, 6.07) is 1.59. The number of fused-ring (bicyclic) bond motifs is 6. The fourth-order valence-corrected chi connectivity index (χ4v) is 4.04. The van der Waals surface area contributed by atoms with Crippen molar-refractivity contribution in [1.82, 2.24) is 4.98 Å². The van der Waals surface area contributed by atoms with E-state index >= 15 is 0 Å². The van der Waals surface area contributed by atoms with Crippen LogP contribution in [0.4, 0.5) is 0 Å². The molecule has 1 aromatic carbocycles. The molecule has 0 spiro atoms. The zero-order valence-corrected chi connectivity index (χ0v) is 15.4. The van der Waals surface area contributed by atoms with Gasteiger partial charge in [0, 0.05) is 28.5 Å². The number of benzene rings is 1. The number of aliphatic hydroxyl groups is 1. The van der Waals surface area contributed by atoms with Crippen LogP contribution < -0.4 is 15.0 Å². The van der Waals surface area contributed by atoms with Crippen LogP contribution >= 0.6 is 0 Å². The lowest BCUT2D eigenvalue weighted by atomic mass is 9.83. The molecule has 0 saturated heterocycles. The normalized spacial score (nSPS) is 27.2. The lowest BCUT2D eigenvalue weighted by molar-refractivity contribution is 0.0158. The molecule has 0 amide bonds. The lowest BCUT2D eigenvalue weighted by Gasteiger charge is -2.40. The number of aryl methyl sites for hydroxylation is 1. The fraction of sp³-hybridized carbons (Fsp3) is 0.550. The Morgan fingerprint density at radius 2 is 2.00 bits per heavy atom. The van der Waals surface area contributed by atoms with Gasteiger partial charge < -0.3 is 19.6 Å². The third kappa shape index (κ3) is 2.36. The van der Waals surface area contributed by atoms with Crippen LogP contribution in [-0.4, -0.2) is 21.8 Å². The topological polar surface area (TPSA) is 71.6 Å². The van der Waals surface area contributed by atoms with Crippen molar-refractivity contribution in [3.8, 4) is 11.5 Å². The fourth-order valence-electron chi connectivity index (χ4n) is 4.04. The molecule has 25 heavy (non-hydrogen) atoms. The quantitative estimate of drug-likeness (QED) is 0.769. The van der Waals surface area contributed by atoms with E-state index in [0.29, 0.717) is 16.8 Å². The Morgan fingerprint density at radius 1 is 1.28 bits per heavy atom. The predicted octanol–water partition coefficient (Wildman–Crippen LogP) is 3.39. The summed E-state index contributed by atoms with van der Waals surface area (Å²) in [4.78, 5) is 15.0. The Labute approximate surface area is 147 Å². The van der Waals surface area contributed by atoms with Crippen molar-refractivity contribution in [2.24, 2.45) is 5.92 Å². The Hall–Kier alpha value is -2.01. The molecule has 0 aliphatic carbocycles. The molecule has 5 nitrogen and oxygen atoms in total. The minimum atomic E-state index is -0.682. The van der Waals surface area contributed by atoms with Crippen LogP contribution in [0, 0.1) is 12.8 Å². The van der Waals surface area contributed by atoms with E-state index < -0.39 is 6.10 Å². The maximum Gasteiger partial charge on any atom is 0.248 e. The number of H-pyrrole nitrogens is 1. The first-order chi connectivity index (χ1) is 11.7. The first-order valence-corrected chi connectivity index (χ1v) is 8.95. The smallest absolute Gasteiger partial charge is 0.248 e. The second-order valence-electron chi connectivity index (χ2n) is 8.11. The highest BCUT2D eigenvalue weighted by atomic mass is 16.5. The van der Waals surface area contributed by atoms with Crippen molar-refractivity contribution in [2.45, 2.75) is 65.3 Å². The van der Waals surface area contributed by atoms with Gasteiger partial charge in [0.05, 0.1) is 11.6 Å². The Balaban J connectivity index is 2.15. The summed E-state index contributed by atoms with van der Waals surface area (Å²) in [5, 5.41) is 11.8. The van der Waals surface area contributed by atoms with Gasteiger partial charge in [-0.2, -0.15) is 0 Å². The average Bonchev–Trinajstić information content (AvgIpc) is 2.50. The largest absolute Gasteiger partial charge is 0.489 e. The Bertz CT molecular complexity index is 928. The van der Waals surface area contributed by atoms with Crippen LogP contribution in [0.3, 0.4) is 0 Å². The van der Waals surface area contributed by atoms with E-state index in [1.54, 1.807) is 6.07 Å². The van der Waals surface area contributed by atoms with Crippen LogP contribution in [0.25, 0.3) is 10.9 Å². The van der Waals surface area contributed by atoms with Gasteiger partial charge in [-0.25, -0.2) is 0 Å². The van der Waals surface area contributed by atoms with Gasteiger partial charge in [-0.15, -0.1) is 0 Å². The molecule has 1 aromatic heterocycles. The van der Waals surface area contributed by atoms with Crippen molar-refractivity contribution in [1.29, 1.82) is 0 Å². The summed E-state index contributed by atoms with van der Waals surface area (Å²) in [5.74, 6) is 1.42. The van der Waals surface area contributed by atoms with Gasteiger partial charge in [0.1, 0.15) is 23.2 Å². The molecule has 2 aliphatic heterocycles. The van der Waals surface area contributed by atoms with Crippen LogP contribution in [0.1, 0.15) is 56.9 Å². The summed E-state index contributed by atoms with van der Waals surface area (Å²) < 4.78 is 12.5. The van der Waals surface area contributed by atoms with E-state index in [1.807, 2.05) is 20.8 Å². The third-order valence-corrected chi connectivity index (χ3v) is 5.72. The molecule has 2 N–H and O–H groups in total. The van der Waals surface area contributed by atoms with Crippen LogP contribution in [0.5, 0.6) is 11.5 Å². The van der Waals surface area contributed by atoms with Crippen molar-refractivity contribution in [3.63, 3.8) is 0 Å². The van der Waals surface area contributed by atoms with Gasteiger partial charge in [0.25, 0.3) is 0 Å². The van der Waals surface area contributed by atoms with Crippen LogP contribution in [0.15, 0.2) is 10.9 Å². The maximum atomic E-state index is 12.1. The number of rotatable bonds is 0. The maximum absolute atomic E-state index is 12.1. The molecule has 0 saturated carbocycles. The molecule has 2 aliphatic rings. The third-order valence-electron chi connectivity index (χ3n) is 5.72. The number of hydrogen-bond donors (Lipinski definition) is 2. The van der Waals surface area contributed by atoms with E-state index in [-0.39, 0.29) is 23.2 Å². The molecule has 0 radical (unpaired) electrons. The SMILES string of the molecule is Cc1cc(=O)[nH]c2c3c(c4c(c12)OC(C)(C)CC4)O[C@H](C)[C@@H](C)[C@@H]3O. The molecule has 0 unspecified atom stereocenters. The second kappa shape index (κ2) is 5.24. The van der Waals surface area contributed by atoms with Gasteiger partial charge in [0.2, 0.25) is 5.56 Å². The minimum absolute atomic E-state index is 0.0567. The summed E-state index contributed by atoms with van der Waals surface area (Å²) >= 11 is 0. The Kier molecular flexibility index (Phi) is 3.45. The molecule has 3 heterocycles. The standard InChI is InChI=1S/C20H25NO4/c1-9-8-13(22)21-16-14(9)19-12(6-7-20(4,5)25-19)18-15(16)17(23)10(2)11(3)24-18/h8,10-11,17,23H,6-7H2,1-5H3,(H,21,22)/t10-,11-,17+/m1/s1. The molecule has 134 valence electrons. The summed E-state index contributed by atoms with van der Waals surface area (Å²) in [7, 11) is 0. The molecule has 3 atom stereocenters. The van der Waals surface area contributed by atoms with E-state index in [1.165, 1.54) is 0 Å². The number of hydrogen-bond acceptors (Lipinski definition) is 4. The Morgan fingerprint density at radius 3 is 2.72 bits per heavy atom. The molecule has 0 bridgehead atoms. The van der Waals surface area contributed by atoms with Crippen molar-refractivity contribution >= 4 is 10.9 Å². The highest BCUT2D eigenvalue weighted by molar-refractivity contribution is 5.95. The molecule has 4 rings (SSSR count). The monoisotopic (exact) mass is 343 g/mol. The summed E-state index contributed by atoms with van der Waals surface area (Å²) in [6.07, 6.45) is 0.922. The predicted molar refractivity (Wildman–Crippen MR) is 96.5 cm³/mol. The van der Waals surface area contributed by atoms with E-state index in [9.17, 15) is 9.90 Å². The van der Waals surface area contributed by atoms with Crippen molar-refractivity contribution in [3.05, 3.63) is 33.1 Å². The minimum Gasteiger partial charge on any atom is -0.489 e. The number of nitrogens with one attached hydrogen (secondary N) is 1. The zero-order chi connectivity index (χ0) is 18.1.